The fourth-order valence-electron chi connectivity index (χ4n) is 3.86. The van der Waals surface area contributed by atoms with Gasteiger partial charge in [0.2, 0.25) is 5.91 Å². The number of hydrogen-bond donors (Lipinski definition) is 1. The molecule has 0 saturated carbocycles. The average molecular weight is 397 g/mol. The number of rotatable bonds is 2. The molecule has 1 aromatic heterocycles. The SMILES string of the molecule is CC(=O)Nc1cc2n(n1)CCN2c1ccc2c(c1)CCCN2C(=O)OC(C)(C)C. The van der Waals surface area contributed by atoms with Crippen LogP contribution in [0.4, 0.5) is 27.8 Å². The number of nitrogens with one attached hydrogen (secondary N) is 1. The lowest BCUT2D eigenvalue weighted by molar-refractivity contribution is -0.114. The van der Waals surface area contributed by atoms with E-state index in [9.17, 15) is 9.59 Å². The van der Waals surface area contributed by atoms with Crippen LogP contribution in [0.25, 0.3) is 0 Å². The number of amides is 2. The summed E-state index contributed by atoms with van der Waals surface area (Å²) in [7, 11) is 0. The second-order valence-electron chi connectivity index (χ2n) is 8.49. The zero-order chi connectivity index (χ0) is 20.8. The Morgan fingerprint density at radius 3 is 2.66 bits per heavy atom. The van der Waals surface area contributed by atoms with Crippen LogP contribution in [-0.2, 0) is 22.5 Å². The van der Waals surface area contributed by atoms with Gasteiger partial charge in [-0.3, -0.25) is 9.69 Å². The van der Waals surface area contributed by atoms with Crippen molar-refractivity contribution in [1.82, 2.24) is 9.78 Å². The largest absolute Gasteiger partial charge is 0.443 e. The zero-order valence-corrected chi connectivity index (χ0v) is 17.4. The van der Waals surface area contributed by atoms with E-state index in [4.69, 9.17) is 4.74 Å². The summed E-state index contributed by atoms with van der Waals surface area (Å²) in [6.45, 7) is 9.35. The van der Waals surface area contributed by atoms with E-state index in [-0.39, 0.29) is 12.0 Å². The molecular weight excluding hydrogens is 370 g/mol. The van der Waals surface area contributed by atoms with Gasteiger partial charge in [-0.25, -0.2) is 9.48 Å². The van der Waals surface area contributed by atoms with Crippen LogP contribution in [0.2, 0.25) is 0 Å². The number of aromatic nitrogens is 2. The van der Waals surface area contributed by atoms with Gasteiger partial charge in [0.05, 0.1) is 12.2 Å². The summed E-state index contributed by atoms with van der Waals surface area (Å²) in [4.78, 5) is 27.8. The summed E-state index contributed by atoms with van der Waals surface area (Å²) in [6, 6.07) is 8.07. The molecule has 0 aliphatic carbocycles. The Hall–Kier alpha value is -3.03. The first kappa shape index (κ1) is 19.3. The molecule has 0 fully saturated rings. The fraction of sp³-hybridized carbons (Fsp3) is 0.476. The number of nitrogens with zero attached hydrogens (tertiary/aromatic N) is 4. The number of fused-ring (bicyclic) bond motifs is 2. The minimum absolute atomic E-state index is 0.135. The maximum Gasteiger partial charge on any atom is 0.414 e. The highest BCUT2D eigenvalue weighted by atomic mass is 16.6. The number of carbonyl (C=O) groups is 2. The second-order valence-corrected chi connectivity index (χ2v) is 8.49. The smallest absolute Gasteiger partial charge is 0.414 e. The second kappa shape index (κ2) is 7.09. The number of aryl methyl sites for hydroxylation is 1. The Labute approximate surface area is 170 Å². The molecule has 0 radical (unpaired) electrons. The molecule has 29 heavy (non-hydrogen) atoms. The normalized spacial score (nSPS) is 15.7. The Balaban J connectivity index is 1.59. The van der Waals surface area contributed by atoms with Gasteiger partial charge >= 0.3 is 6.09 Å². The van der Waals surface area contributed by atoms with Crippen molar-refractivity contribution in [2.45, 2.75) is 52.7 Å². The van der Waals surface area contributed by atoms with Gasteiger partial charge in [0.1, 0.15) is 11.4 Å². The average Bonchev–Trinajstić information content (AvgIpc) is 3.18. The van der Waals surface area contributed by atoms with E-state index in [0.717, 1.165) is 48.7 Å². The van der Waals surface area contributed by atoms with Crippen molar-refractivity contribution in [3.05, 3.63) is 29.8 Å². The van der Waals surface area contributed by atoms with Gasteiger partial charge in [0.15, 0.2) is 5.82 Å². The zero-order valence-electron chi connectivity index (χ0n) is 17.4. The molecule has 2 aliphatic heterocycles. The minimum Gasteiger partial charge on any atom is -0.443 e. The lowest BCUT2D eigenvalue weighted by Gasteiger charge is -2.32. The first-order valence-corrected chi connectivity index (χ1v) is 9.98. The molecule has 2 amide bonds. The van der Waals surface area contributed by atoms with E-state index in [1.807, 2.05) is 43.7 Å². The summed E-state index contributed by atoms with van der Waals surface area (Å²) in [6.07, 6.45) is 1.53. The number of carbonyl (C=O) groups excluding carboxylic acids is 2. The predicted octanol–water partition coefficient (Wildman–Crippen LogP) is 3.68. The molecule has 3 heterocycles. The summed E-state index contributed by atoms with van der Waals surface area (Å²) in [5.74, 6) is 1.38. The van der Waals surface area contributed by atoms with Gasteiger partial charge in [-0.1, -0.05) is 0 Å². The summed E-state index contributed by atoms with van der Waals surface area (Å²) in [5, 5.41) is 7.17. The fourth-order valence-corrected chi connectivity index (χ4v) is 3.86. The molecule has 2 aromatic rings. The van der Waals surface area contributed by atoms with Crippen molar-refractivity contribution in [3.63, 3.8) is 0 Å². The molecule has 0 bridgehead atoms. The molecule has 2 aliphatic rings. The third kappa shape index (κ3) is 3.92. The van der Waals surface area contributed by atoms with Gasteiger partial charge in [0.25, 0.3) is 0 Å². The molecule has 0 unspecified atom stereocenters. The van der Waals surface area contributed by atoms with Crippen molar-refractivity contribution < 1.29 is 14.3 Å². The van der Waals surface area contributed by atoms with Crippen LogP contribution in [0.3, 0.4) is 0 Å². The highest BCUT2D eigenvalue weighted by Crippen LogP contribution is 2.36. The lowest BCUT2D eigenvalue weighted by Crippen LogP contribution is -2.39. The summed E-state index contributed by atoms with van der Waals surface area (Å²) in [5.41, 5.74) is 2.59. The van der Waals surface area contributed by atoms with E-state index >= 15 is 0 Å². The number of ether oxygens (including phenoxy) is 1. The van der Waals surface area contributed by atoms with Gasteiger partial charge in [-0.15, -0.1) is 0 Å². The van der Waals surface area contributed by atoms with Gasteiger partial charge in [-0.05, 0) is 57.4 Å². The monoisotopic (exact) mass is 397 g/mol. The maximum atomic E-state index is 12.6. The van der Waals surface area contributed by atoms with Crippen molar-refractivity contribution in [3.8, 4) is 0 Å². The van der Waals surface area contributed by atoms with E-state index < -0.39 is 5.60 Å². The first-order valence-electron chi connectivity index (χ1n) is 9.98. The van der Waals surface area contributed by atoms with Crippen molar-refractivity contribution in [1.29, 1.82) is 0 Å². The number of hydrogen-bond acceptors (Lipinski definition) is 5. The molecule has 4 rings (SSSR count). The van der Waals surface area contributed by atoms with E-state index in [0.29, 0.717) is 12.4 Å². The predicted molar refractivity (Wildman–Crippen MR) is 112 cm³/mol. The van der Waals surface area contributed by atoms with Crippen LogP contribution in [0.15, 0.2) is 24.3 Å². The van der Waals surface area contributed by atoms with Gasteiger partial charge in [-0.2, -0.15) is 5.10 Å². The minimum atomic E-state index is -0.520. The highest BCUT2D eigenvalue weighted by Gasteiger charge is 2.29. The van der Waals surface area contributed by atoms with Crippen LogP contribution in [0, 0.1) is 0 Å². The van der Waals surface area contributed by atoms with Crippen molar-refractivity contribution in [2.24, 2.45) is 0 Å². The van der Waals surface area contributed by atoms with Crippen LogP contribution >= 0.6 is 0 Å². The Kier molecular flexibility index (Phi) is 4.72. The molecule has 0 atom stereocenters. The molecule has 8 nitrogen and oxygen atoms in total. The van der Waals surface area contributed by atoms with E-state index in [2.05, 4.69) is 21.4 Å². The van der Waals surface area contributed by atoms with Crippen molar-refractivity contribution >= 4 is 35.0 Å². The third-order valence-electron chi connectivity index (χ3n) is 4.98. The van der Waals surface area contributed by atoms with Crippen LogP contribution < -0.4 is 15.1 Å². The number of anilines is 4. The first-order chi connectivity index (χ1) is 13.7. The Morgan fingerprint density at radius 1 is 1.14 bits per heavy atom. The van der Waals surface area contributed by atoms with Crippen LogP contribution in [0.5, 0.6) is 0 Å². The molecule has 0 saturated heterocycles. The Bertz CT molecular complexity index is 960. The van der Waals surface area contributed by atoms with E-state index in [1.165, 1.54) is 6.92 Å². The van der Waals surface area contributed by atoms with Crippen LogP contribution in [0.1, 0.15) is 39.7 Å². The van der Waals surface area contributed by atoms with Gasteiger partial charge in [0, 0.05) is 31.8 Å². The maximum absolute atomic E-state index is 12.6. The topological polar surface area (TPSA) is 79.7 Å². The molecule has 154 valence electrons. The molecule has 1 aromatic carbocycles. The third-order valence-corrected chi connectivity index (χ3v) is 4.98. The van der Waals surface area contributed by atoms with Crippen molar-refractivity contribution in [2.75, 3.05) is 28.2 Å². The highest BCUT2D eigenvalue weighted by molar-refractivity contribution is 5.90. The standard InChI is InChI=1S/C21H27N5O3/c1-14(27)22-18-13-19-24(10-11-26(19)23-18)16-7-8-17-15(12-16)6-5-9-25(17)20(28)29-21(2,3)4/h7-8,12-13H,5-6,9-11H2,1-4H3,(H,22,23,27). The molecule has 8 heteroatoms. The van der Waals surface area contributed by atoms with Crippen LogP contribution in [-0.4, -0.2) is 40.5 Å². The number of benzene rings is 1. The lowest BCUT2D eigenvalue weighted by atomic mass is 10.0. The summed E-state index contributed by atoms with van der Waals surface area (Å²) < 4.78 is 7.48. The molecule has 0 spiro atoms. The molecular formula is C21H27N5O3. The quantitative estimate of drug-likeness (QED) is 0.836. The van der Waals surface area contributed by atoms with E-state index in [1.54, 1.807) is 4.90 Å². The Morgan fingerprint density at radius 2 is 1.93 bits per heavy atom. The molecule has 1 N–H and O–H groups in total. The summed E-state index contributed by atoms with van der Waals surface area (Å²) >= 11 is 0. The van der Waals surface area contributed by atoms with Gasteiger partial charge < -0.3 is 15.0 Å².